The molecular weight excluding hydrogens is 496 g/mol. The largest absolute Gasteiger partial charge is 0.342 e. The van der Waals surface area contributed by atoms with Gasteiger partial charge in [-0.05, 0) is 65.3 Å². The Kier molecular flexibility index (Phi) is 6.35. The van der Waals surface area contributed by atoms with E-state index in [0.29, 0.717) is 18.9 Å². The Morgan fingerprint density at radius 2 is 1.51 bits per heavy atom. The number of nitrogens with zero attached hydrogens (tertiary/aromatic N) is 2. The zero-order valence-corrected chi connectivity index (χ0v) is 22.5. The molecule has 0 bridgehead atoms. The number of benzene rings is 3. The van der Waals surface area contributed by atoms with Gasteiger partial charge in [-0.25, -0.2) is 0 Å². The van der Waals surface area contributed by atoms with Crippen LogP contribution in [0.5, 0.6) is 0 Å². The lowest BCUT2D eigenvalue weighted by Crippen LogP contribution is -2.51. The fourth-order valence-corrected chi connectivity index (χ4v) is 5.68. The monoisotopic (exact) mass is 528 g/mol. The molecule has 0 fully saturated rings. The minimum absolute atomic E-state index is 0.0594. The van der Waals surface area contributed by atoms with E-state index in [1.807, 2.05) is 0 Å². The summed E-state index contributed by atoms with van der Waals surface area (Å²) in [6.07, 6.45) is 1.42. The summed E-state index contributed by atoms with van der Waals surface area (Å²) in [7, 11) is 0. The van der Waals surface area contributed by atoms with Crippen molar-refractivity contribution in [3.05, 3.63) is 106 Å². The number of ketones is 1. The third kappa shape index (κ3) is 4.69. The van der Waals surface area contributed by atoms with E-state index >= 15 is 0 Å². The average molecular weight is 530 g/mol. The summed E-state index contributed by atoms with van der Waals surface area (Å²) in [4.78, 5) is 18.3. The molecule has 1 unspecified atom stereocenters. The molecule has 1 atom stereocenters. The Morgan fingerprint density at radius 1 is 0.857 bits per heavy atom. The van der Waals surface area contributed by atoms with Crippen molar-refractivity contribution in [2.24, 2.45) is 5.41 Å². The van der Waals surface area contributed by atoms with Gasteiger partial charge in [-0.3, -0.25) is 4.79 Å². The molecule has 2 aliphatic rings. The van der Waals surface area contributed by atoms with Gasteiger partial charge in [0.15, 0.2) is 5.78 Å². The first-order valence-electron chi connectivity index (χ1n) is 12.4. The SMILES string of the molecule is CC(C)c1ccc(N2CC3=C(CC(C)(C)CC3=O)N(c3ccccc3)C2c2ccc(Br)cc2)cc1. The van der Waals surface area contributed by atoms with Crippen LogP contribution in [0.1, 0.15) is 63.7 Å². The lowest BCUT2D eigenvalue weighted by atomic mass is 9.74. The number of para-hydroxylation sites is 1. The predicted molar refractivity (Wildman–Crippen MR) is 149 cm³/mol. The van der Waals surface area contributed by atoms with Crippen molar-refractivity contribution in [1.82, 2.24) is 0 Å². The summed E-state index contributed by atoms with van der Waals surface area (Å²) in [5.41, 5.74) is 6.83. The van der Waals surface area contributed by atoms with E-state index in [-0.39, 0.29) is 17.4 Å². The Morgan fingerprint density at radius 3 is 2.14 bits per heavy atom. The first-order valence-corrected chi connectivity index (χ1v) is 13.2. The van der Waals surface area contributed by atoms with E-state index in [2.05, 4.69) is 132 Å². The average Bonchev–Trinajstić information content (AvgIpc) is 2.83. The lowest BCUT2D eigenvalue weighted by Gasteiger charge is -2.51. The second-order valence-electron chi connectivity index (χ2n) is 10.9. The lowest BCUT2D eigenvalue weighted by molar-refractivity contribution is -0.118. The quantitative estimate of drug-likeness (QED) is 0.340. The topological polar surface area (TPSA) is 23.6 Å². The van der Waals surface area contributed by atoms with Crippen LogP contribution in [0.25, 0.3) is 0 Å². The number of hydrogen-bond acceptors (Lipinski definition) is 3. The molecule has 3 nitrogen and oxygen atoms in total. The second kappa shape index (κ2) is 9.31. The first-order chi connectivity index (χ1) is 16.7. The van der Waals surface area contributed by atoms with Gasteiger partial charge in [0.2, 0.25) is 0 Å². The van der Waals surface area contributed by atoms with Gasteiger partial charge >= 0.3 is 0 Å². The molecule has 0 aromatic heterocycles. The summed E-state index contributed by atoms with van der Waals surface area (Å²) in [5, 5.41) is 0. The highest BCUT2D eigenvalue weighted by molar-refractivity contribution is 9.10. The summed E-state index contributed by atoms with van der Waals surface area (Å²) in [6.45, 7) is 9.48. The van der Waals surface area contributed by atoms with Crippen LogP contribution in [0.4, 0.5) is 11.4 Å². The molecule has 5 rings (SSSR count). The smallest absolute Gasteiger partial charge is 0.162 e. The number of allylic oxidation sites excluding steroid dienone is 1. The maximum atomic E-state index is 13.5. The number of anilines is 2. The van der Waals surface area contributed by atoms with E-state index in [1.54, 1.807) is 0 Å². The summed E-state index contributed by atoms with van der Waals surface area (Å²) in [5.74, 6) is 0.750. The molecule has 4 heteroatoms. The van der Waals surface area contributed by atoms with Crippen molar-refractivity contribution < 1.29 is 4.79 Å². The molecule has 0 saturated heterocycles. The maximum Gasteiger partial charge on any atom is 0.162 e. The van der Waals surface area contributed by atoms with Crippen molar-refractivity contribution in [2.45, 2.75) is 52.6 Å². The summed E-state index contributed by atoms with van der Waals surface area (Å²) >= 11 is 3.61. The molecule has 0 N–H and O–H groups in total. The highest BCUT2D eigenvalue weighted by Gasteiger charge is 2.43. The molecule has 0 saturated carbocycles. The first kappa shape index (κ1) is 23.9. The Labute approximate surface area is 217 Å². The molecule has 0 spiro atoms. The van der Waals surface area contributed by atoms with E-state index in [1.165, 1.54) is 16.8 Å². The van der Waals surface area contributed by atoms with E-state index in [4.69, 9.17) is 0 Å². The third-order valence-corrected chi connectivity index (χ3v) is 7.75. The third-order valence-electron chi connectivity index (χ3n) is 7.22. The van der Waals surface area contributed by atoms with Gasteiger partial charge in [-0.2, -0.15) is 0 Å². The number of halogens is 1. The zero-order chi connectivity index (χ0) is 24.7. The number of rotatable bonds is 4. The van der Waals surface area contributed by atoms with E-state index in [0.717, 1.165) is 27.8 Å². The Balaban J connectivity index is 1.72. The van der Waals surface area contributed by atoms with Gasteiger partial charge in [-0.1, -0.05) is 86.1 Å². The zero-order valence-electron chi connectivity index (χ0n) is 21.0. The van der Waals surface area contributed by atoms with E-state index < -0.39 is 0 Å². The van der Waals surface area contributed by atoms with Gasteiger partial charge < -0.3 is 9.80 Å². The number of hydrogen-bond donors (Lipinski definition) is 0. The molecule has 0 radical (unpaired) electrons. The van der Waals surface area contributed by atoms with Crippen molar-refractivity contribution in [1.29, 1.82) is 0 Å². The molecule has 3 aromatic carbocycles. The van der Waals surface area contributed by atoms with Crippen LogP contribution < -0.4 is 9.80 Å². The predicted octanol–water partition coefficient (Wildman–Crippen LogP) is 8.24. The molecule has 35 heavy (non-hydrogen) atoms. The van der Waals surface area contributed by atoms with Crippen molar-refractivity contribution in [3.63, 3.8) is 0 Å². The fraction of sp³-hybridized carbons (Fsp3) is 0.323. The summed E-state index contributed by atoms with van der Waals surface area (Å²) in [6, 6.07) is 28.0. The number of carbonyl (C=O) groups excluding carboxylic acids is 1. The van der Waals surface area contributed by atoms with Crippen LogP contribution in [0, 0.1) is 5.41 Å². The van der Waals surface area contributed by atoms with Gasteiger partial charge in [0.05, 0.1) is 6.54 Å². The van der Waals surface area contributed by atoms with Gasteiger partial charge in [-0.15, -0.1) is 0 Å². The van der Waals surface area contributed by atoms with Gasteiger partial charge in [0.1, 0.15) is 6.17 Å². The number of Topliss-reactive ketones (excluding diaryl/α,β-unsaturated/α-hetero) is 1. The van der Waals surface area contributed by atoms with Crippen molar-refractivity contribution in [3.8, 4) is 0 Å². The standard InChI is InChI=1S/C31H33BrN2O/c1-21(2)22-12-16-25(17-13-22)33-20-27-28(18-31(3,4)19-29(27)35)34(26-8-6-5-7-9-26)30(33)23-10-14-24(32)15-11-23/h5-17,21,30H,18-20H2,1-4H3. The molecule has 1 aliphatic carbocycles. The van der Waals surface area contributed by atoms with Crippen LogP contribution in [-0.4, -0.2) is 12.3 Å². The molecule has 0 amide bonds. The summed E-state index contributed by atoms with van der Waals surface area (Å²) < 4.78 is 1.06. The maximum absolute atomic E-state index is 13.5. The molecule has 1 heterocycles. The minimum Gasteiger partial charge on any atom is -0.342 e. The highest BCUT2D eigenvalue weighted by atomic mass is 79.9. The molecule has 3 aromatic rings. The molecular formula is C31H33BrN2O. The van der Waals surface area contributed by atoms with E-state index in [9.17, 15) is 4.79 Å². The number of carbonyl (C=O) groups is 1. The van der Waals surface area contributed by atoms with Crippen molar-refractivity contribution in [2.75, 3.05) is 16.3 Å². The Bertz CT molecular complexity index is 1240. The fourth-order valence-electron chi connectivity index (χ4n) is 5.41. The van der Waals surface area contributed by atoms with Crippen LogP contribution in [-0.2, 0) is 4.79 Å². The van der Waals surface area contributed by atoms with Crippen LogP contribution in [0.2, 0.25) is 0 Å². The molecule has 1 aliphatic heterocycles. The Hall–Kier alpha value is -2.85. The van der Waals surface area contributed by atoms with Crippen LogP contribution >= 0.6 is 15.9 Å². The molecule has 180 valence electrons. The van der Waals surface area contributed by atoms with Crippen molar-refractivity contribution >= 4 is 33.1 Å². The second-order valence-corrected chi connectivity index (χ2v) is 11.8. The van der Waals surface area contributed by atoms with Crippen LogP contribution in [0.15, 0.2) is 94.6 Å². The normalized spacial score (nSPS) is 19.8. The van der Waals surface area contributed by atoms with Gasteiger partial charge in [0, 0.05) is 33.5 Å². The highest BCUT2D eigenvalue weighted by Crippen LogP contribution is 2.48. The van der Waals surface area contributed by atoms with Crippen LogP contribution in [0.3, 0.4) is 0 Å². The minimum atomic E-state index is -0.0612. The van der Waals surface area contributed by atoms with Gasteiger partial charge in [0.25, 0.3) is 0 Å².